The van der Waals surface area contributed by atoms with Crippen LogP contribution >= 0.6 is 0 Å². The van der Waals surface area contributed by atoms with Crippen molar-refractivity contribution < 1.29 is 44.0 Å². The number of nitrogen functional groups attached to an aromatic ring is 1. The summed E-state index contributed by atoms with van der Waals surface area (Å²) in [4.78, 5) is 11.8. The van der Waals surface area contributed by atoms with Crippen molar-refractivity contribution in [2.75, 3.05) is 38.0 Å². The zero-order valence-corrected chi connectivity index (χ0v) is 13.6. The van der Waals surface area contributed by atoms with Gasteiger partial charge in [0.1, 0.15) is 5.75 Å². The van der Waals surface area contributed by atoms with Gasteiger partial charge in [0.15, 0.2) is 9.84 Å². The fourth-order valence-corrected chi connectivity index (χ4v) is 2.45. The smallest absolute Gasteiger partial charge is 0.255 e. The van der Waals surface area contributed by atoms with E-state index in [-0.39, 0.29) is 4.90 Å². The number of ether oxygens (including phenoxy) is 1. The van der Waals surface area contributed by atoms with Crippen LogP contribution in [0, 0.1) is 0 Å². The van der Waals surface area contributed by atoms with Gasteiger partial charge >= 0.3 is 0 Å². The number of nitrogens with two attached hydrogens (primary N) is 1. The van der Waals surface area contributed by atoms with Crippen molar-refractivity contribution in [2.24, 2.45) is 0 Å². The number of methoxy groups -OCH3 is 1. The molecule has 0 aliphatic carbocycles. The zero-order chi connectivity index (χ0) is 35.2. The summed E-state index contributed by atoms with van der Waals surface area (Å²) in [6.45, 7) is -10.8. The maximum absolute atomic E-state index is 13.5. The third kappa shape index (κ3) is 4.24. The van der Waals surface area contributed by atoms with Crippen LogP contribution in [0.25, 0.3) is 0 Å². The molecule has 1 aromatic rings. The molecule has 1 saturated heterocycles. The van der Waals surface area contributed by atoms with E-state index >= 15 is 0 Å². The third-order valence-electron chi connectivity index (χ3n) is 2.94. The lowest BCUT2D eigenvalue weighted by atomic mass is 10.1. The number of amides is 1. The van der Waals surface area contributed by atoms with Crippen LogP contribution in [-0.4, -0.2) is 57.5 Å². The highest BCUT2D eigenvalue weighted by Crippen LogP contribution is 2.29. The van der Waals surface area contributed by atoms with Gasteiger partial charge in [-0.3, -0.25) is 9.69 Å². The van der Waals surface area contributed by atoms with Gasteiger partial charge in [0.2, 0.25) is 0 Å². The van der Waals surface area contributed by atoms with Crippen LogP contribution in [-0.2, 0) is 9.84 Å². The molecule has 0 saturated carbocycles. The highest BCUT2D eigenvalue weighted by Gasteiger charge is 2.25. The molecule has 0 aromatic heterocycles. The minimum atomic E-state index is -5.97. The summed E-state index contributed by atoms with van der Waals surface area (Å²) in [6, 6.07) is -6.94. The van der Waals surface area contributed by atoms with Gasteiger partial charge in [-0.2, -0.15) is 0 Å². The van der Waals surface area contributed by atoms with Crippen LogP contribution < -0.4 is 15.8 Å². The quantitative estimate of drug-likeness (QED) is 0.682. The van der Waals surface area contributed by atoms with Crippen LogP contribution in [0.5, 0.6) is 5.75 Å². The number of likely N-dealkylation sites (tertiary alicyclic amines) is 1. The monoisotopic (exact) mass is 388 g/mol. The van der Waals surface area contributed by atoms with Gasteiger partial charge in [-0.1, -0.05) is 13.8 Å². The SMILES string of the molecule is [2H]c1c(N)c(S(=O)(=O)C([2H])([2H])C([2H])([2H])[2H])c([2H])c(C(=O)NC([2H])([2H])C2([2H])N(CC)C([2H])([2H])C([2H])([2H])C2([2H])[2H])c1OC([2H])([2H])[2H]. The Morgan fingerprint density at radius 1 is 1.68 bits per heavy atom. The summed E-state index contributed by atoms with van der Waals surface area (Å²) >= 11 is 0. The van der Waals surface area contributed by atoms with E-state index in [0.29, 0.717) is 0 Å². The molecular weight excluding hydrogens is 342 g/mol. The normalized spacial score (nSPS) is 40.6. The molecular formula is C17H27N3O4S. The van der Waals surface area contributed by atoms with Crippen molar-refractivity contribution in [1.29, 1.82) is 0 Å². The first-order chi connectivity index (χ1) is 19.1. The Kier molecular flexibility index (Phi) is 1.97. The largest absolute Gasteiger partial charge is 0.496 e. The van der Waals surface area contributed by atoms with Crippen LogP contribution in [0.15, 0.2) is 17.0 Å². The predicted molar refractivity (Wildman–Crippen MR) is 97.7 cm³/mol. The number of carbonyl (C=O) groups excluding carboxylic acids is 1. The maximum Gasteiger partial charge on any atom is 0.255 e. The number of nitrogens with one attached hydrogen (secondary N) is 1. The molecule has 0 bridgehead atoms. The molecule has 3 N–H and O–H groups in total. The standard InChI is InChI=1S/C17H27N3O4S/c1-4-20-8-6-7-12(20)11-19-17(21)13-9-16(25(22,23)5-2)14(18)10-15(13)24-3/h9-10,12H,4-8,11,18H2,1-3H3,(H,19,21)/i2D3,3D3,5D2,6D2,7D2,8D2,9D,10D,11D2,12D. The molecule has 2 rings (SSSR count). The molecule has 140 valence electrons. The molecule has 0 radical (unpaired) electrons. The van der Waals surface area contributed by atoms with Crippen molar-refractivity contribution >= 4 is 21.4 Å². The molecule has 1 heterocycles. The Labute approximate surface area is 176 Å². The average Bonchev–Trinajstić information content (AvgIpc) is 2.87. The average molecular weight is 389 g/mol. The number of carbonyl (C=O) groups is 1. The van der Waals surface area contributed by atoms with Gasteiger partial charge in [-0.05, 0) is 31.8 Å². The van der Waals surface area contributed by atoms with Crippen molar-refractivity contribution in [2.45, 2.75) is 37.4 Å². The molecule has 0 spiro atoms. The Morgan fingerprint density at radius 2 is 2.48 bits per heavy atom. The van der Waals surface area contributed by atoms with E-state index in [0.717, 1.165) is 6.92 Å². The molecule has 1 aliphatic rings. The number of hydrogen-bond donors (Lipinski definition) is 2. The Bertz CT molecular complexity index is 1460. The molecule has 1 aliphatic heterocycles. The first-order valence-corrected chi connectivity index (χ1v) is 8.10. The lowest BCUT2D eigenvalue weighted by molar-refractivity contribution is 0.0938. The topological polar surface area (TPSA) is 102 Å². The number of nitrogens with zero attached hydrogens (tertiary/aromatic N) is 1. The molecule has 7 nitrogen and oxygen atoms in total. The van der Waals surface area contributed by atoms with E-state index in [9.17, 15) is 13.2 Å². The minimum Gasteiger partial charge on any atom is -0.496 e. The summed E-state index contributed by atoms with van der Waals surface area (Å²) in [5, 5.41) is 1.40. The number of rotatable bonds is 7. The van der Waals surface area contributed by atoms with Crippen molar-refractivity contribution in [3.05, 3.63) is 17.6 Å². The van der Waals surface area contributed by atoms with Gasteiger partial charge in [-0.15, -0.1) is 0 Å². The Balaban J connectivity index is 2.98. The van der Waals surface area contributed by atoms with E-state index in [1.165, 1.54) is 5.32 Å². The summed E-state index contributed by atoms with van der Waals surface area (Å²) in [5.41, 5.74) is -1.70. The second-order valence-electron chi connectivity index (χ2n) is 4.44. The third-order valence-corrected chi connectivity index (χ3v) is 4.07. The van der Waals surface area contributed by atoms with Gasteiger partial charge in [0.25, 0.3) is 5.91 Å². The van der Waals surface area contributed by atoms with Crippen molar-refractivity contribution in [3.63, 3.8) is 0 Å². The van der Waals surface area contributed by atoms with Crippen molar-refractivity contribution in [1.82, 2.24) is 10.2 Å². The van der Waals surface area contributed by atoms with E-state index in [1.54, 1.807) is 0 Å². The first kappa shape index (κ1) is 6.13. The number of likely N-dealkylation sites (N-methyl/N-ethyl adjacent to an activating group) is 1. The molecule has 1 aromatic carbocycles. The minimum absolute atomic E-state index is 0.112. The Morgan fingerprint density at radius 3 is 3.16 bits per heavy atom. The van der Waals surface area contributed by atoms with Gasteiger partial charge in [0, 0.05) is 35.0 Å². The second kappa shape index (κ2) is 8.05. The van der Waals surface area contributed by atoms with Gasteiger partial charge < -0.3 is 15.8 Å². The zero-order valence-electron chi connectivity index (χ0n) is 31.8. The number of sulfone groups is 1. The molecule has 25 heavy (non-hydrogen) atoms. The summed E-state index contributed by atoms with van der Waals surface area (Å²) in [5.74, 6) is -3.61. The van der Waals surface area contributed by atoms with Gasteiger partial charge in [0.05, 0.1) is 38.5 Å². The fourth-order valence-electron chi connectivity index (χ4n) is 1.77. The lowest BCUT2D eigenvalue weighted by Gasteiger charge is -2.23. The Hall–Kier alpha value is -1.80. The molecule has 1 unspecified atom stereocenters. The van der Waals surface area contributed by atoms with Crippen LogP contribution in [0.1, 0.15) is 62.9 Å². The van der Waals surface area contributed by atoms with E-state index in [1.807, 2.05) is 0 Å². The second-order valence-corrected chi connectivity index (χ2v) is 6.06. The maximum atomic E-state index is 13.5. The van der Waals surface area contributed by atoms with Crippen LogP contribution in [0.2, 0.25) is 0 Å². The molecule has 1 amide bonds. The number of anilines is 1. The van der Waals surface area contributed by atoms with Crippen LogP contribution in [0.3, 0.4) is 0 Å². The predicted octanol–water partition coefficient (Wildman–Crippen LogP) is 1.29. The summed E-state index contributed by atoms with van der Waals surface area (Å²) < 4.78 is 181. The van der Waals surface area contributed by atoms with Gasteiger partial charge in [-0.25, -0.2) is 8.42 Å². The van der Waals surface area contributed by atoms with Crippen molar-refractivity contribution in [3.8, 4) is 5.75 Å². The van der Waals surface area contributed by atoms with E-state index in [4.69, 9.17) is 31.8 Å². The van der Waals surface area contributed by atoms with E-state index < -0.39 is 108 Å². The molecule has 1 atom stereocenters. The van der Waals surface area contributed by atoms with E-state index in [2.05, 4.69) is 4.74 Å². The fraction of sp³-hybridized carbons (Fsp3) is 0.588. The molecule has 8 heteroatoms. The number of hydrogen-bond acceptors (Lipinski definition) is 6. The summed E-state index contributed by atoms with van der Waals surface area (Å²) in [6.07, 6.45) is -7.38. The molecule has 1 fully saturated rings. The lowest BCUT2D eigenvalue weighted by Crippen LogP contribution is -2.40. The highest BCUT2D eigenvalue weighted by molar-refractivity contribution is 7.91. The first-order valence-electron chi connectivity index (χ1n) is 16.1. The summed E-state index contributed by atoms with van der Waals surface area (Å²) in [7, 11) is -9.53. The number of benzene rings is 1. The highest BCUT2D eigenvalue weighted by atomic mass is 32.2. The van der Waals surface area contributed by atoms with Crippen LogP contribution in [0.4, 0.5) is 5.69 Å².